The van der Waals surface area contributed by atoms with E-state index in [-0.39, 0.29) is 0 Å². The Morgan fingerprint density at radius 1 is 1.37 bits per heavy atom. The van der Waals surface area contributed by atoms with E-state index in [9.17, 15) is 0 Å². The van der Waals surface area contributed by atoms with E-state index >= 15 is 0 Å². The molecule has 108 valence electrons. The Labute approximate surface area is 115 Å². The van der Waals surface area contributed by atoms with Gasteiger partial charge >= 0.3 is 0 Å². The molecular formula is C13H25N5O. The molecule has 19 heavy (non-hydrogen) atoms. The number of ether oxygens (including phenoxy) is 1. The van der Waals surface area contributed by atoms with Crippen molar-refractivity contribution < 1.29 is 4.74 Å². The zero-order valence-electron chi connectivity index (χ0n) is 12.4. The molecule has 0 amide bonds. The fraction of sp³-hybridized carbons (Fsp3) is 0.692. The standard InChI is InChI=1S/C13H25N5O/c1-11-10-12(2)18(17-11)8-5-6-15-13(14-3)16-7-9-19-4/h10H,5-9H2,1-4H3,(H2,14,15,16). The second-order valence-electron chi connectivity index (χ2n) is 4.42. The molecule has 0 aliphatic rings. The fourth-order valence-electron chi connectivity index (χ4n) is 1.83. The van der Waals surface area contributed by atoms with Gasteiger partial charge in [0.15, 0.2) is 5.96 Å². The predicted molar refractivity (Wildman–Crippen MR) is 77.6 cm³/mol. The van der Waals surface area contributed by atoms with E-state index in [2.05, 4.69) is 33.7 Å². The first kappa shape index (κ1) is 15.5. The minimum Gasteiger partial charge on any atom is -0.383 e. The van der Waals surface area contributed by atoms with Crippen LogP contribution in [0.15, 0.2) is 11.1 Å². The summed E-state index contributed by atoms with van der Waals surface area (Å²) in [7, 11) is 3.45. The van der Waals surface area contributed by atoms with Gasteiger partial charge in [-0.1, -0.05) is 0 Å². The van der Waals surface area contributed by atoms with Crippen molar-refractivity contribution in [3.8, 4) is 0 Å². The molecule has 0 spiro atoms. The Morgan fingerprint density at radius 3 is 2.68 bits per heavy atom. The van der Waals surface area contributed by atoms with Crippen LogP contribution in [0, 0.1) is 13.8 Å². The lowest BCUT2D eigenvalue weighted by Crippen LogP contribution is -2.39. The number of nitrogens with one attached hydrogen (secondary N) is 2. The number of nitrogens with zero attached hydrogens (tertiary/aromatic N) is 3. The second kappa shape index (κ2) is 8.53. The minimum atomic E-state index is 0.673. The molecule has 1 aromatic heterocycles. The third-order valence-electron chi connectivity index (χ3n) is 2.76. The Kier molecular flexibility index (Phi) is 6.95. The molecule has 1 heterocycles. The fourth-order valence-corrected chi connectivity index (χ4v) is 1.83. The largest absolute Gasteiger partial charge is 0.383 e. The van der Waals surface area contributed by atoms with Crippen molar-refractivity contribution >= 4 is 5.96 Å². The number of hydrogen-bond acceptors (Lipinski definition) is 3. The average molecular weight is 267 g/mol. The molecule has 0 atom stereocenters. The summed E-state index contributed by atoms with van der Waals surface area (Å²) in [5.41, 5.74) is 2.28. The molecule has 1 aromatic rings. The van der Waals surface area contributed by atoms with Gasteiger partial charge < -0.3 is 15.4 Å². The van der Waals surface area contributed by atoms with Crippen LogP contribution in [0.2, 0.25) is 0 Å². The van der Waals surface area contributed by atoms with Gasteiger partial charge in [0.2, 0.25) is 0 Å². The predicted octanol–water partition coefficient (Wildman–Crippen LogP) is 0.701. The SMILES string of the molecule is CN=C(NCCCn1nc(C)cc1C)NCCOC. The minimum absolute atomic E-state index is 0.673. The third kappa shape index (κ3) is 5.74. The van der Waals surface area contributed by atoms with Gasteiger partial charge in [-0.05, 0) is 26.3 Å². The van der Waals surface area contributed by atoms with E-state index in [4.69, 9.17) is 4.74 Å². The van der Waals surface area contributed by atoms with E-state index in [1.807, 2.05) is 11.6 Å². The summed E-state index contributed by atoms with van der Waals surface area (Å²) in [6.07, 6.45) is 1.01. The van der Waals surface area contributed by atoms with Gasteiger partial charge in [0.05, 0.1) is 12.3 Å². The van der Waals surface area contributed by atoms with Gasteiger partial charge in [0.25, 0.3) is 0 Å². The lowest BCUT2D eigenvalue weighted by atomic mass is 10.4. The quantitative estimate of drug-likeness (QED) is 0.434. The van der Waals surface area contributed by atoms with Crippen LogP contribution in [-0.4, -0.2) is 49.6 Å². The number of methoxy groups -OCH3 is 1. The van der Waals surface area contributed by atoms with Crippen molar-refractivity contribution in [3.63, 3.8) is 0 Å². The van der Waals surface area contributed by atoms with Gasteiger partial charge in [-0.3, -0.25) is 9.67 Å². The number of hydrogen-bond donors (Lipinski definition) is 2. The monoisotopic (exact) mass is 267 g/mol. The highest BCUT2D eigenvalue weighted by Crippen LogP contribution is 2.01. The smallest absolute Gasteiger partial charge is 0.191 e. The van der Waals surface area contributed by atoms with Crippen molar-refractivity contribution in [1.29, 1.82) is 0 Å². The van der Waals surface area contributed by atoms with Crippen LogP contribution in [-0.2, 0) is 11.3 Å². The van der Waals surface area contributed by atoms with Crippen LogP contribution in [0.1, 0.15) is 17.8 Å². The number of aryl methyl sites for hydroxylation is 3. The molecule has 0 aliphatic carbocycles. The molecule has 6 heteroatoms. The number of aliphatic imine (C=N–C) groups is 1. The van der Waals surface area contributed by atoms with Crippen LogP contribution in [0.5, 0.6) is 0 Å². The summed E-state index contributed by atoms with van der Waals surface area (Å²) >= 11 is 0. The topological polar surface area (TPSA) is 63.5 Å². The van der Waals surface area contributed by atoms with Crippen LogP contribution in [0.4, 0.5) is 0 Å². The number of guanidine groups is 1. The van der Waals surface area contributed by atoms with E-state index in [0.29, 0.717) is 6.61 Å². The molecule has 0 radical (unpaired) electrons. The summed E-state index contributed by atoms with van der Waals surface area (Å²) in [5.74, 6) is 0.811. The van der Waals surface area contributed by atoms with E-state index in [1.165, 1.54) is 5.69 Å². The molecule has 0 fully saturated rings. The zero-order chi connectivity index (χ0) is 14.1. The molecule has 0 bridgehead atoms. The van der Waals surface area contributed by atoms with Gasteiger partial charge in [0, 0.05) is 39.5 Å². The van der Waals surface area contributed by atoms with Crippen LogP contribution >= 0.6 is 0 Å². The highest BCUT2D eigenvalue weighted by atomic mass is 16.5. The lowest BCUT2D eigenvalue weighted by molar-refractivity contribution is 0.203. The molecule has 6 nitrogen and oxygen atoms in total. The zero-order valence-corrected chi connectivity index (χ0v) is 12.4. The van der Waals surface area contributed by atoms with Crippen molar-refractivity contribution in [2.75, 3.05) is 33.9 Å². The molecule has 0 saturated heterocycles. The maximum absolute atomic E-state index is 4.98. The Balaban J connectivity index is 2.20. The number of rotatable bonds is 7. The summed E-state index contributed by atoms with van der Waals surface area (Å²) in [4.78, 5) is 4.14. The van der Waals surface area contributed by atoms with Gasteiger partial charge in [-0.25, -0.2) is 0 Å². The Bertz CT molecular complexity index is 400. The van der Waals surface area contributed by atoms with Crippen molar-refractivity contribution in [1.82, 2.24) is 20.4 Å². The van der Waals surface area contributed by atoms with E-state index in [0.717, 1.165) is 37.7 Å². The average Bonchev–Trinajstić information content (AvgIpc) is 2.71. The van der Waals surface area contributed by atoms with E-state index in [1.54, 1.807) is 14.2 Å². The van der Waals surface area contributed by atoms with Crippen LogP contribution in [0.3, 0.4) is 0 Å². The Hall–Kier alpha value is -1.56. The summed E-state index contributed by atoms with van der Waals surface area (Å²) < 4.78 is 7.02. The highest BCUT2D eigenvalue weighted by molar-refractivity contribution is 5.79. The Morgan fingerprint density at radius 2 is 2.11 bits per heavy atom. The first-order valence-corrected chi connectivity index (χ1v) is 6.62. The third-order valence-corrected chi connectivity index (χ3v) is 2.76. The maximum atomic E-state index is 4.98. The second-order valence-corrected chi connectivity index (χ2v) is 4.42. The normalized spacial score (nSPS) is 11.7. The van der Waals surface area contributed by atoms with Crippen molar-refractivity contribution in [2.45, 2.75) is 26.8 Å². The van der Waals surface area contributed by atoms with Crippen LogP contribution in [0.25, 0.3) is 0 Å². The van der Waals surface area contributed by atoms with Crippen molar-refractivity contribution in [2.24, 2.45) is 4.99 Å². The molecule has 1 rings (SSSR count). The van der Waals surface area contributed by atoms with E-state index < -0.39 is 0 Å². The summed E-state index contributed by atoms with van der Waals surface area (Å²) in [6, 6.07) is 2.10. The van der Waals surface area contributed by atoms with Gasteiger partial charge in [0.1, 0.15) is 0 Å². The molecular weight excluding hydrogens is 242 g/mol. The van der Waals surface area contributed by atoms with Gasteiger partial charge in [-0.15, -0.1) is 0 Å². The molecule has 0 unspecified atom stereocenters. The summed E-state index contributed by atoms with van der Waals surface area (Å²) in [5, 5.41) is 10.9. The molecule has 0 aromatic carbocycles. The molecule has 2 N–H and O–H groups in total. The molecule has 0 saturated carbocycles. The summed E-state index contributed by atoms with van der Waals surface area (Å²) in [6.45, 7) is 7.31. The highest BCUT2D eigenvalue weighted by Gasteiger charge is 2.01. The van der Waals surface area contributed by atoms with Gasteiger partial charge in [-0.2, -0.15) is 5.10 Å². The maximum Gasteiger partial charge on any atom is 0.191 e. The van der Waals surface area contributed by atoms with Crippen LogP contribution < -0.4 is 10.6 Å². The first-order valence-electron chi connectivity index (χ1n) is 6.62. The number of aromatic nitrogens is 2. The van der Waals surface area contributed by atoms with Crippen molar-refractivity contribution in [3.05, 3.63) is 17.5 Å². The first-order chi connectivity index (χ1) is 9.17. The molecule has 0 aliphatic heterocycles. The lowest BCUT2D eigenvalue weighted by Gasteiger charge is -2.11.